The van der Waals surface area contributed by atoms with Crippen molar-refractivity contribution in [2.75, 3.05) is 20.2 Å². The number of methoxy groups -OCH3 is 1. The van der Waals surface area contributed by atoms with E-state index < -0.39 is 23.7 Å². The van der Waals surface area contributed by atoms with E-state index in [0.29, 0.717) is 23.6 Å². The summed E-state index contributed by atoms with van der Waals surface area (Å²) in [5.74, 6) is 12.9. The van der Waals surface area contributed by atoms with Crippen LogP contribution in [-0.2, 0) is 9.53 Å². The number of amidine groups is 1. The summed E-state index contributed by atoms with van der Waals surface area (Å²) < 4.78 is 4.74. The number of rotatable bonds is 9. The van der Waals surface area contributed by atoms with Gasteiger partial charge in [-0.15, -0.1) is 0 Å². The van der Waals surface area contributed by atoms with Gasteiger partial charge in [0, 0.05) is 16.3 Å². The second-order valence-corrected chi connectivity index (χ2v) is 12.5. The molecule has 0 aliphatic carbocycles. The number of hydrogen-bond acceptors (Lipinski definition) is 7. The van der Waals surface area contributed by atoms with E-state index in [1.165, 1.54) is 18.9 Å². The zero-order valence-electron chi connectivity index (χ0n) is 25.8. The molecule has 1 aromatic heterocycles. The number of carbonyl (C=O) groups is 2. The number of benzene rings is 1. The minimum absolute atomic E-state index is 0.154. The van der Waals surface area contributed by atoms with E-state index in [1.54, 1.807) is 11.1 Å². The van der Waals surface area contributed by atoms with E-state index in [9.17, 15) is 9.59 Å². The first-order valence-electron chi connectivity index (χ1n) is 14.8. The molecule has 5 N–H and O–H groups in total. The van der Waals surface area contributed by atoms with Crippen molar-refractivity contribution in [2.24, 2.45) is 16.6 Å². The summed E-state index contributed by atoms with van der Waals surface area (Å²) in [7, 11) is 1.27. The van der Waals surface area contributed by atoms with E-state index >= 15 is 0 Å². The van der Waals surface area contributed by atoms with Crippen LogP contribution in [0.2, 0.25) is 0 Å². The number of nitrogens with one attached hydrogen (secondary N) is 3. The molecule has 0 saturated carbocycles. The molecule has 2 aromatic rings. The van der Waals surface area contributed by atoms with Gasteiger partial charge in [-0.1, -0.05) is 56.3 Å². The first-order valence-corrected chi connectivity index (χ1v) is 15.7. The first kappa shape index (κ1) is 32.7. The van der Waals surface area contributed by atoms with Crippen molar-refractivity contribution in [2.45, 2.75) is 75.0 Å². The molecule has 0 bridgehead atoms. The summed E-state index contributed by atoms with van der Waals surface area (Å²) in [6.45, 7) is 11.4. The topological polar surface area (TPSA) is 138 Å². The summed E-state index contributed by atoms with van der Waals surface area (Å²) in [4.78, 5) is 41.5. The maximum absolute atomic E-state index is 13.6. The van der Waals surface area contributed by atoms with Gasteiger partial charge in [0.05, 0.1) is 25.4 Å². The van der Waals surface area contributed by atoms with Crippen molar-refractivity contribution in [1.29, 1.82) is 0 Å². The van der Waals surface area contributed by atoms with Crippen LogP contribution in [-0.4, -0.2) is 70.5 Å². The molecular weight excluding hydrogens is 574 g/mol. The highest BCUT2D eigenvalue weighted by atomic mass is 32.2. The summed E-state index contributed by atoms with van der Waals surface area (Å²) >= 11 is 1.46. The van der Waals surface area contributed by atoms with E-state index in [2.05, 4.69) is 50.9 Å². The summed E-state index contributed by atoms with van der Waals surface area (Å²) in [5.41, 5.74) is 6.24. The van der Waals surface area contributed by atoms with Crippen LogP contribution in [0.4, 0.5) is 4.79 Å². The Labute approximate surface area is 264 Å². The predicted molar refractivity (Wildman–Crippen MR) is 174 cm³/mol. The minimum atomic E-state index is -1.11. The number of alkyl carbamates (subject to hydrolysis) is 1. The zero-order valence-corrected chi connectivity index (χ0v) is 26.6. The third kappa shape index (κ3) is 8.25. The van der Waals surface area contributed by atoms with Crippen LogP contribution in [0.1, 0.15) is 64.0 Å². The van der Waals surface area contributed by atoms with Crippen molar-refractivity contribution < 1.29 is 14.3 Å². The van der Waals surface area contributed by atoms with Crippen LogP contribution < -0.4 is 16.4 Å². The number of amides is 2. The molecule has 4 atom stereocenters. The first-order chi connectivity index (χ1) is 21.1. The molecule has 232 valence electrons. The smallest absolute Gasteiger partial charge is 0.407 e. The third-order valence-electron chi connectivity index (χ3n) is 7.70. The van der Waals surface area contributed by atoms with E-state index in [1.807, 2.05) is 51.1 Å². The van der Waals surface area contributed by atoms with Crippen LogP contribution >= 0.6 is 11.8 Å². The number of aliphatic imine (C=N–C) groups is 1. The van der Waals surface area contributed by atoms with Crippen LogP contribution in [0.5, 0.6) is 0 Å². The van der Waals surface area contributed by atoms with E-state index in [4.69, 9.17) is 15.5 Å². The number of nitrogens with two attached hydrogens (primary N) is 1. The monoisotopic (exact) mass is 615 g/mol. The molecule has 1 aromatic carbocycles. The fraction of sp³-hybridized carbons (Fsp3) is 0.455. The number of aromatic amines is 1. The fourth-order valence-electron chi connectivity index (χ4n) is 5.19. The highest BCUT2D eigenvalue weighted by molar-refractivity contribution is 8.03. The standard InChI is InChI=1S/C33H41N7O3S/c1-22(2)28(38-32(42)43-5)31(41)40-20-12-17-27(40)29(34)39-33(4,23(3)44-25-14-7-6-8-15-25)18-10-9-13-24-21-36-30(37-24)26-16-11-19-35-26/h6-8,14-15,21-22,26-28,35H,3,11-12,16-17,19-20H2,1-2,4-5H3,(H2,34,39)(H,36,37)(H,38,42)/t26-,27-,28-,33?/m0/s1. The number of ether oxygens (including phenoxy) is 1. The number of likely N-dealkylation sites (tertiary alicyclic amines) is 1. The Balaban J connectivity index is 1.60. The van der Waals surface area contributed by atoms with Gasteiger partial charge in [0.15, 0.2) is 5.54 Å². The van der Waals surface area contributed by atoms with Crippen LogP contribution in [0.15, 0.2) is 57.9 Å². The lowest BCUT2D eigenvalue weighted by Gasteiger charge is -2.31. The van der Waals surface area contributed by atoms with Gasteiger partial charge >= 0.3 is 6.09 Å². The Hall–Kier alpha value is -4.19. The molecule has 2 amide bonds. The SMILES string of the molecule is C=C(Sc1ccccc1)C(C)(C#CC#Cc1cnc([C@@H]2CCCN2)[nH]1)/N=C(\N)[C@@H]1CCCN1C(=O)[C@@H](NC(=O)OC)C(C)C. The molecule has 3 heterocycles. The average molecular weight is 616 g/mol. The average Bonchev–Trinajstić information content (AvgIpc) is 3.80. The molecule has 11 heteroatoms. The number of thioether (sulfide) groups is 1. The zero-order chi connectivity index (χ0) is 31.7. The Bertz CT molecular complexity index is 1490. The van der Waals surface area contributed by atoms with Gasteiger partial charge in [0.2, 0.25) is 5.91 Å². The number of H-pyrrole nitrogens is 1. The number of hydrogen-bond donors (Lipinski definition) is 4. The molecule has 4 rings (SSSR count). The molecule has 2 aliphatic heterocycles. The van der Waals surface area contributed by atoms with Gasteiger partial charge in [-0.05, 0) is 75.0 Å². The van der Waals surface area contributed by atoms with Crippen molar-refractivity contribution >= 4 is 29.6 Å². The third-order valence-corrected chi connectivity index (χ3v) is 8.85. The Morgan fingerprint density at radius 2 is 2.02 bits per heavy atom. The largest absolute Gasteiger partial charge is 0.453 e. The lowest BCUT2D eigenvalue weighted by molar-refractivity contribution is -0.134. The minimum Gasteiger partial charge on any atom is -0.453 e. The quantitative estimate of drug-likeness (QED) is 0.145. The highest BCUT2D eigenvalue weighted by Crippen LogP contribution is 2.35. The maximum Gasteiger partial charge on any atom is 0.407 e. The van der Waals surface area contributed by atoms with Gasteiger partial charge < -0.3 is 31.0 Å². The van der Waals surface area contributed by atoms with Crippen molar-refractivity contribution in [3.05, 3.63) is 59.5 Å². The van der Waals surface area contributed by atoms with Crippen LogP contribution in [0, 0.1) is 29.6 Å². The summed E-state index contributed by atoms with van der Waals surface area (Å²) in [5, 5.41) is 6.08. The Morgan fingerprint density at radius 1 is 1.25 bits per heavy atom. The number of carbonyl (C=O) groups excluding carboxylic acids is 2. The van der Waals surface area contributed by atoms with Crippen molar-refractivity contribution in [3.8, 4) is 23.7 Å². The molecule has 0 spiro atoms. The molecule has 2 fully saturated rings. The maximum atomic E-state index is 13.6. The van der Waals surface area contributed by atoms with Gasteiger partial charge in [-0.25, -0.2) is 14.8 Å². The summed E-state index contributed by atoms with van der Waals surface area (Å²) in [6.07, 6.45) is 4.63. The second kappa shape index (κ2) is 15.0. The second-order valence-electron chi connectivity index (χ2n) is 11.3. The Morgan fingerprint density at radius 3 is 2.70 bits per heavy atom. The van der Waals surface area contributed by atoms with Gasteiger partial charge in [-0.3, -0.25) is 4.79 Å². The van der Waals surface area contributed by atoms with Crippen LogP contribution in [0.25, 0.3) is 0 Å². The molecule has 1 unspecified atom stereocenters. The van der Waals surface area contributed by atoms with Crippen molar-refractivity contribution in [1.82, 2.24) is 25.5 Å². The lowest BCUT2D eigenvalue weighted by Crippen LogP contribution is -2.55. The van der Waals surface area contributed by atoms with Gasteiger partial charge in [0.1, 0.15) is 23.4 Å². The molecule has 44 heavy (non-hydrogen) atoms. The van der Waals surface area contributed by atoms with Gasteiger partial charge in [0.25, 0.3) is 0 Å². The molecule has 2 saturated heterocycles. The fourth-order valence-corrected chi connectivity index (χ4v) is 6.06. The predicted octanol–water partition coefficient (Wildman–Crippen LogP) is 3.98. The molecule has 0 radical (unpaired) electrons. The van der Waals surface area contributed by atoms with E-state index in [0.717, 1.165) is 36.5 Å². The summed E-state index contributed by atoms with van der Waals surface area (Å²) in [6, 6.07) is 8.86. The highest BCUT2D eigenvalue weighted by Gasteiger charge is 2.38. The lowest BCUT2D eigenvalue weighted by atomic mass is 10.0. The molecular formula is C33H41N7O3S. The number of aromatic nitrogens is 2. The Kier molecular flexibility index (Phi) is 11.2. The molecule has 2 aliphatic rings. The normalized spacial score (nSPS) is 20.1. The van der Waals surface area contributed by atoms with Gasteiger partial charge in [-0.2, -0.15) is 0 Å². The number of nitrogens with zero attached hydrogens (tertiary/aromatic N) is 3. The van der Waals surface area contributed by atoms with Crippen molar-refractivity contribution in [3.63, 3.8) is 0 Å². The molecule has 10 nitrogen and oxygen atoms in total. The number of imidazole rings is 1. The van der Waals surface area contributed by atoms with E-state index in [-0.39, 0.29) is 23.7 Å². The van der Waals surface area contributed by atoms with Crippen LogP contribution in [0.3, 0.4) is 0 Å².